The van der Waals surface area contributed by atoms with E-state index in [-0.39, 0.29) is 5.17 Å². The quantitative estimate of drug-likeness (QED) is 0.451. The number of hydrogen-bond acceptors (Lipinski definition) is 3. The van der Waals surface area contributed by atoms with Crippen LogP contribution in [0.3, 0.4) is 0 Å². The smallest absolute Gasteiger partial charge is 0.270 e. The van der Waals surface area contributed by atoms with Crippen LogP contribution in [-0.4, -0.2) is 30.8 Å². The van der Waals surface area contributed by atoms with Gasteiger partial charge in [-0.3, -0.25) is 9.58 Å². The van der Waals surface area contributed by atoms with Crippen LogP contribution in [0.5, 0.6) is 5.75 Å². The molecule has 0 fully saturated rings. The predicted octanol–water partition coefficient (Wildman–Crippen LogP) is 2.34. The summed E-state index contributed by atoms with van der Waals surface area (Å²) in [5.74, 6) is 0.489. The average Bonchev–Trinajstić information content (AvgIpc) is 2.48. The van der Waals surface area contributed by atoms with Crippen LogP contribution < -0.4 is 4.74 Å². The van der Waals surface area contributed by atoms with Crippen LogP contribution in [0, 0.1) is 0 Å². The Hall–Kier alpha value is -0.230. The molecule has 0 saturated carbocycles. The van der Waals surface area contributed by atoms with Gasteiger partial charge in [-0.25, -0.2) is 0 Å². The lowest BCUT2D eigenvalue weighted by Crippen LogP contribution is -2.38. The van der Waals surface area contributed by atoms with E-state index < -0.39 is 3.92 Å². The minimum Gasteiger partial charge on any atom is -0.428 e. The van der Waals surface area contributed by atoms with Crippen molar-refractivity contribution in [1.29, 1.82) is 0 Å². The third-order valence-electron chi connectivity index (χ3n) is 1.54. The Kier molecular flexibility index (Phi) is 4.06. The summed E-state index contributed by atoms with van der Waals surface area (Å²) < 4.78 is 5.20. The van der Waals surface area contributed by atoms with Crippen molar-refractivity contribution in [2.75, 3.05) is 7.05 Å². The highest BCUT2D eigenvalue weighted by molar-refractivity contribution is 7.80. The van der Waals surface area contributed by atoms with Gasteiger partial charge in [0.15, 0.2) is 5.75 Å². The Morgan fingerprint density at radius 1 is 1.60 bits per heavy atom. The molecule has 15 heavy (non-hydrogen) atoms. The summed E-state index contributed by atoms with van der Waals surface area (Å²) in [5.41, 5.74) is 0. The zero-order valence-corrected chi connectivity index (χ0v) is 11.0. The van der Waals surface area contributed by atoms with Gasteiger partial charge < -0.3 is 4.74 Å². The van der Waals surface area contributed by atoms with Crippen molar-refractivity contribution in [3.05, 3.63) is 12.4 Å². The molecule has 4 nitrogen and oxygen atoms in total. The summed E-state index contributed by atoms with van der Waals surface area (Å²) in [6, 6.07) is 0. The van der Waals surface area contributed by atoms with Crippen molar-refractivity contribution in [3.63, 3.8) is 0 Å². The first-order chi connectivity index (χ1) is 6.80. The minimum absolute atomic E-state index is 0.0583. The van der Waals surface area contributed by atoms with Crippen molar-refractivity contribution in [3.8, 4) is 5.75 Å². The van der Waals surface area contributed by atoms with E-state index in [4.69, 9.17) is 51.8 Å². The molecule has 0 radical (unpaired) electrons. The third-order valence-corrected chi connectivity index (χ3v) is 2.66. The van der Waals surface area contributed by atoms with Gasteiger partial charge >= 0.3 is 0 Å². The summed E-state index contributed by atoms with van der Waals surface area (Å²) in [6.45, 7) is 0. The molecule has 0 bridgehead atoms. The molecule has 0 spiro atoms. The van der Waals surface area contributed by atoms with E-state index in [1.807, 2.05) is 0 Å². The van der Waals surface area contributed by atoms with E-state index in [0.717, 1.165) is 0 Å². The lowest BCUT2D eigenvalue weighted by molar-refractivity contribution is 0.406. The van der Waals surface area contributed by atoms with Crippen LogP contribution in [-0.2, 0) is 7.05 Å². The number of alkyl halides is 3. The largest absolute Gasteiger partial charge is 0.428 e. The normalized spacial score (nSPS) is 11.3. The van der Waals surface area contributed by atoms with Crippen molar-refractivity contribution in [2.24, 2.45) is 7.05 Å². The first-order valence-electron chi connectivity index (χ1n) is 3.81. The number of thiocarbonyl (C=S) groups is 1. The zero-order chi connectivity index (χ0) is 11.6. The lowest BCUT2D eigenvalue weighted by Gasteiger charge is -2.25. The second-order valence-electron chi connectivity index (χ2n) is 2.74. The molecule has 84 valence electrons. The van der Waals surface area contributed by atoms with Gasteiger partial charge in [0.05, 0.1) is 12.4 Å². The molecule has 1 rings (SSSR count). The highest BCUT2D eigenvalue weighted by Crippen LogP contribution is 2.30. The molecule has 0 aliphatic carbocycles. The average molecular weight is 289 g/mol. The molecule has 1 aromatic rings. The van der Waals surface area contributed by atoms with Crippen molar-refractivity contribution in [1.82, 2.24) is 14.7 Å². The maximum Gasteiger partial charge on any atom is 0.270 e. The second kappa shape index (κ2) is 4.74. The molecular formula is C7H8Cl3N3OS. The van der Waals surface area contributed by atoms with E-state index >= 15 is 0 Å². The van der Waals surface area contributed by atoms with Crippen LogP contribution in [0.15, 0.2) is 12.4 Å². The number of halogens is 3. The Bertz CT molecular complexity index is 363. The van der Waals surface area contributed by atoms with Crippen molar-refractivity contribution < 1.29 is 4.74 Å². The predicted molar refractivity (Wildman–Crippen MR) is 64.5 cm³/mol. The van der Waals surface area contributed by atoms with Crippen LogP contribution >= 0.6 is 47.0 Å². The summed E-state index contributed by atoms with van der Waals surface area (Å²) >= 11 is 21.8. The van der Waals surface area contributed by atoms with E-state index in [9.17, 15) is 0 Å². The zero-order valence-electron chi connectivity index (χ0n) is 7.95. The molecule has 8 heteroatoms. The SMILES string of the molecule is CN(C(=S)Oc1cnn(C)c1)C(Cl)(Cl)Cl. The fourth-order valence-corrected chi connectivity index (χ4v) is 1.34. The monoisotopic (exact) mass is 287 g/mol. The maximum atomic E-state index is 5.62. The highest BCUT2D eigenvalue weighted by Gasteiger charge is 2.29. The van der Waals surface area contributed by atoms with Crippen LogP contribution in [0.2, 0.25) is 0 Å². The first-order valence-corrected chi connectivity index (χ1v) is 5.36. The molecule has 0 aliphatic heterocycles. The number of aryl methyl sites for hydroxylation is 1. The molecule has 0 aliphatic rings. The number of ether oxygens (including phenoxy) is 1. The fraction of sp³-hybridized carbons (Fsp3) is 0.429. The van der Waals surface area contributed by atoms with Gasteiger partial charge in [-0.2, -0.15) is 5.10 Å². The summed E-state index contributed by atoms with van der Waals surface area (Å²) in [6.07, 6.45) is 3.16. The van der Waals surface area contributed by atoms with Gasteiger partial charge in [-0.1, -0.05) is 34.8 Å². The fourth-order valence-electron chi connectivity index (χ4n) is 0.724. The van der Waals surface area contributed by atoms with Gasteiger partial charge in [0.2, 0.25) is 0 Å². The first kappa shape index (κ1) is 12.8. The highest BCUT2D eigenvalue weighted by atomic mass is 35.6. The molecule has 0 unspecified atom stereocenters. The Morgan fingerprint density at radius 2 is 2.20 bits per heavy atom. The Morgan fingerprint density at radius 3 is 2.60 bits per heavy atom. The molecular weight excluding hydrogens is 281 g/mol. The Balaban J connectivity index is 2.64. The summed E-state index contributed by atoms with van der Waals surface area (Å²) in [5, 5.41) is 3.96. The molecule has 0 atom stereocenters. The molecule has 0 N–H and O–H groups in total. The van der Waals surface area contributed by atoms with E-state index in [2.05, 4.69) is 5.10 Å². The van der Waals surface area contributed by atoms with E-state index in [1.54, 1.807) is 17.9 Å². The standard InChI is InChI=1S/C7H8Cl3N3OS/c1-12-4-5(3-11-12)14-6(15)13(2)7(8,9)10/h3-4H,1-2H3. The van der Waals surface area contributed by atoms with Crippen LogP contribution in [0.1, 0.15) is 0 Å². The molecule has 0 amide bonds. The van der Waals surface area contributed by atoms with Crippen molar-refractivity contribution in [2.45, 2.75) is 3.92 Å². The van der Waals surface area contributed by atoms with Gasteiger partial charge in [0.1, 0.15) is 0 Å². The number of aromatic nitrogens is 2. The summed E-state index contributed by atoms with van der Waals surface area (Å²) in [7, 11) is 3.28. The number of rotatable bonds is 1. The van der Waals surface area contributed by atoms with Gasteiger partial charge in [-0.15, -0.1) is 0 Å². The topological polar surface area (TPSA) is 30.3 Å². The maximum absolute atomic E-state index is 5.62. The van der Waals surface area contributed by atoms with Crippen molar-refractivity contribution >= 4 is 52.2 Å². The van der Waals surface area contributed by atoms with E-state index in [1.165, 1.54) is 18.1 Å². The summed E-state index contributed by atoms with van der Waals surface area (Å²) in [4.78, 5) is 1.21. The molecule has 0 aromatic carbocycles. The van der Waals surface area contributed by atoms with E-state index in [0.29, 0.717) is 5.75 Å². The Labute approximate surface area is 108 Å². The van der Waals surface area contributed by atoms with Gasteiger partial charge in [-0.05, 0) is 12.2 Å². The lowest BCUT2D eigenvalue weighted by atomic mass is 10.6. The van der Waals surface area contributed by atoms with Gasteiger partial charge in [0.25, 0.3) is 9.09 Å². The van der Waals surface area contributed by atoms with Crippen LogP contribution in [0.25, 0.3) is 0 Å². The number of hydrogen-bond donors (Lipinski definition) is 0. The third kappa shape index (κ3) is 3.68. The molecule has 0 saturated heterocycles. The second-order valence-corrected chi connectivity index (χ2v) is 5.32. The molecule has 1 aromatic heterocycles. The minimum atomic E-state index is -1.63. The number of nitrogens with zero attached hydrogens (tertiary/aromatic N) is 3. The van der Waals surface area contributed by atoms with Gasteiger partial charge in [0, 0.05) is 14.1 Å². The van der Waals surface area contributed by atoms with Crippen LogP contribution in [0.4, 0.5) is 0 Å². The molecule has 1 heterocycles.